The van der Waals surface area contributed by atoms with Crippen molar-refractivity contribution in [3.63, 3.8) is 0 Å². The van der Waals surface area contributed by atoms with Gasteiger partial charge in [-0.1, -0.05) is 0 Å². The molecule has 0 saturated carbocycles. The van der Waals surface area contributed by atoms with Gasteiger partial charge in [0, 0.05) is 23.3 Å². The summed E-state index contributed by atoms with van der Waals surface area (Å²) in [6.45, 7) is 0. The van der Waals surface area contributed by atoms with Crippen LogP contribution in [0.4, 0.5) is 5.95 Å². The summed E-state index contributed by atoms with van der Waals surface area (Å²) >= 11 is 1.58. The predicted molar refractivity (Wildman–Crippen MR) is 64.7 cm³/mol. The lowest BCUT2D eigenvalue weighted by molar-refractivity contribution is 0.907. The van der Waals surface area contributed by atoms with Crippen LogP contribution in [0.3, 0.4) is 0 Å². The Morgan fingerprint density at radius 1 is 1.24 bits per heavy atom. The summed E-state index contributed by atoms with van der Waals surface area (Å²) in [4.78, 5) is 16.5. The number of rotatable bonds is 2. The Kier molecular flexibility index (Phi) is 2.30. The van der Waals surface area contributed by atoms with E-state index in [9.17, 15) is 0 Å². The fourth-order valence-corrected chi connectivity index (χ4v) is 2.03. The molecule has 0 unspecified atom stereocenters. The molecule has 7 heteroatoms. The van der Waals surface area contributed by atoms with E-state index < -0.39 is 0 Å². The van der Waals surface area contributed by atoms with Crippen LogP contribution in [-0.4, -0.2) is 24.5 Å². The van der Waals surface area contributed by atoms with Gasteiger partial charge in [0.05, 0.1) is 0 Å². The van der Waals surface area contributed by atoms with Gasteiger partial charge in [0.2, 0.25) is 11.9 Å². The number of hydrogen-bond acceptors (Lipinski definition) is 6. The lowest BCUT2D eigenvalue weighted by Crippen LogP contribution is -2.06. The summed E-state index contributed by atoms with van der Waals surface area (Å²) < 4.78 is 1.69. The quantitative estimate of drug-likeness (QED) is 0.736. The van der Waals surface area contributed by atoms with Crippen LogP contribution in [0.2, 0.25) is 0 Å². The number of nitrogens with two attached hydrogens (primary N) is 1. The van der Waals surface area contributed by atoms with Crippen LogP contribution in [0.15, 0.2) is 35.5 Å². The fraction of sp³-hybridized carbons (Fsp3) is 0. The van der Waals surface area contributed by atoms with Crippen LogP contribution in [-0.2, 0) is 0 Å². The molecular formula is C10H8N6S. The zero-order chi connectivity index (χ0) is 11.7. The third-order valence-electron chi connectivity index (χ3n) is 2.16. The van der Waals surface area contributed by atoms with E-state index in [0.29, 0.717) is 11.8 Å². The molecule has 0 aliphatic rings. The minimum Gasteiger partial charge on any atom is -0.368 e. The number of hydrogen-bond donors (Lipinski definition) is 1. The standard InChI is InChI=1S/C10H8N6S/c11-9-13-8(7-1-4-17-5-7)14-10(15-9)16-3-2-12-6-16/h1-6H,(H2,11,13,14,15). The zero-order valence-corrected chi connectivity index (χ0v) is 9.50. The second-order valence-corrected chi connectivity index (χ2v) is 4.08. The van der Waals surface area contributed by atoms with Crippen molar-refractivity contribution in [2.24, 2.45) is 0 Å². The number of anilines is 1. The predicted octanol–water partition coefficient (Wildman–Crippen LogP) is 1.37. The molecule has 0 aliphatic heterocycles. The van der Waals surface area contributed by atoms with Crippen LogP contribution in [0, 0.1) is 0 Å². The average molecular weight is 244 g/mol. The Balaban J connectivity index is 2.13. The van der Waals surface area contributed by atoms with Crippen molar-refractivity contribution >= 4 is 17.3 Å². The molecule has 3 aromatic heterocycles. The Labute approximate surface area is 101 Å². The lowest BCUT2D eigenvalue weighted by Gasteiger charge is -2.03. The molecule has 0 spiro atoms. The van der Waals surface area contributed by atoms with Gasteiger partial charge in [0.1, 0.15) is 6.33 Å². The topological polar surface area (TPSA) is 82.5 Å². The molecule has 0 amide bonds. The Morgan fingerprint density at radius 3 is 2.88 bits per heavy atom. The summed E-state index contributed by atoms with van der Waals surface area (Å²) in [7, 11) is 0. The third-order valence-corrected chi connectivity index (χ3v) is 2.84. The van der Waals surface area contributed by atoms with E-state index in [2.05, 4.69) is 19.9 Å². The molecule has 0 aliphatic carbocycles. The van der Waals surface area contributed by atoms with Gasteiger partial charge in [-0.05, 0) is 11.4 Å². The second-order valence-electron chi connectivity index (χ2n) is 3.30. The molecule has 0 radical (unpaired) electrons. The number of thiophene rings is 1. The van der Waals surface area contributed by atoms with E-state index in [1.165, 1.54) is 0 Å². The van der Waals surface area contributed by atoms with E-state index in [-0.39, 0.29) is 5.95 Å². The number of imidazole rings is 1. The molecule has 0 saturated heterocycles. The first kappa shape index (κ1) is 9.91. The highest BCUT2D eigenvalue weighted by Gasteiger charge is 2.08. The van der Waals surface area contributed by atoms with Gasteiger partial charge < -0.3 is 5.73 Å². The van der Waals surface area contributed by atoms with Gasteiger partial charge in [-0.15, -0.1) is 0 Å². The van der Waals surface area contributed by atoms with Crippen LogP contribution in [0.5, 0.6) is 0 Å². The molecule has 0 atom stereocenters. The second kappa shape index (κ2) is 3.95. The molecular weight excluding hydrogens is 236 g/mol. The monoisotopic (exact) mass is 244 g/mol. The van der Waals surface area contributed by atoms with Crippen molar-refractivity contribution in [1.29, 1.82) is 0 Å². The highest BCUT2D eigenvalue weighted by atomic mass is 32.1. The van der Waals surface area contributed by atoms with Gasteiger partial charge >= 0.3 is 0 Å². The highest BCUT2D eigenvalue weighted by molar-refractivity contribution is 7.08. The molecule has 0 fully saturated rings. The van der Waals surface area contributed by atoms with Crippen LogP contribution >= 0.6 is 11.3 Å². The molecule has 84 valence electrons. The largest absolute Gasteiger partial charge is 0.368 e. The maximum atomic E-state index is 5.68. The van der Waals surface area contributed by atoms with E-state index in [1.807, 2.05) is 16.8 Å². The number of nitrogen functional groups attached to an aromatic ring is 1. The van der Waals surface area contributed by atoms with Gasteiger partial charge in [-0.3, -0.25) is 4.57 Å². The van der Waals surface area contributed by atoms with Crippen molar-refractivity contribution in [2.45, 2.75) is 0 Å². The Bertz CT molecular complexity index is 564. The van der Waals surface area contributed by atoms with Crippen LogP contribution in [0.1, 0.15) is 0 Å². The van der Waals surface area contributed by atoms with E-state index in [1.54, 1.807) is 34.6 Å². The first-order chi connectivity index (χ1) is 8.33. The summed E-state index contributed by atoms with van der Waals surface area (Å²) in [5, 5.41) is 3.93. The smallest absolute Gasteiger partial charge is 0.240 e. The highest BCUT2D eigenvalue weighted by Crippen LogP contribution is 2.19. The molecule has 3 rings (SSSR count). The summed E-state index contributed by atoms with van der Waals surface area (Å²) in [6, 6.07) is 1.94. The van der Waals surface area contributed by atoms with Gasteiger partial charge in [0.25, 0.3) is 0 Å². The summed E-state index contributed by atoms with van der Waals surface area (Å²) in [5.74, 6) is 1.24. The fourth-order valence-electron chi connectivity index (χ4n) is 1.39. The van der Waals surface area contributed by atoms with E-state index in [0.717, 1.165) is 5.56 Å². The first-order valence-corrected chi connectivity index (χ1v) is 5.79. The lowest BCUT2D eigenvalue weighted by atomic mass is 10.3. The molecule has 2 N–H and O–H groups in total. The Morgan fingerprint density at radius 2 is 2.18 bits per heavy atom. The molecule has 3 heterocycles. The van der Waals surface area contributed by atoms with E-state index >= 15 is 0 Å². The SMILES string of the molecule is Nc1nc(-c2ccsc2)nc(-n2ccnc2)n1. The van der Waals surface area contributed by atoms with Gasteiger partial charge in [-0.25, -0.2) is 4.98 Å². The Hall–Kier alpha value is -2.28. The van der Waals surface area contributed by atoms with Crippen LogP contribution in [0.25, 0.3) is 17.3 Å². The minimum atomic E-state index is 0.199. The maximum absolute atomic E-state index is 5.68. The normalized spacial score (nSPS) is 10.6. The number of nitrogens with zero attached hydrogens (tertiary/aromatic N) is 5. The van der Waals surface area contributed by atoms with Crippen molar-refractivity contribution < 1.29 is 0 Å². The molecule has 0 aromatic carbocycles. The minimum absolute atomic E-state index is 0.199. The molecule has 0 bridgehead atoms. The third kappa shape index (κ3) is 1.87. The molecule has 17 heavy (non-hydrogen) atoms. The summed E-state index contributed by atoms with van der Waals surface area (Å²) in [6.07, 6.45) is 5.03. The summed E-state index contributed by atoms with van der Waals surface area (Å²) in [5.41, 5.74) is 6.61. The van der Waals surface area contributed by atoms with Crippen molar-refractivity contribution in [3.05, 3.63) is 35.5 Å². The van der Waals surface area contributed by atoms with Crippen molar-refractivity contribution in [3.8, 4) is 17.3 Å². The first-order valence-electron chi connectivity index (χ1n) is 4.85. The van der Waals surface area contributed by atoms with Crippen molar-refractivity contribution in [2.75, 3.05) is 5.73 Å². The zero-order valence-electron chi connectivity index (χ0n) is 8.69. The molecule has 6 nitrogen and oxygen atoms in total. The number of aromatic nitrogens is 5. The van der Waals surface area contributed by atoms with Crippen molar-refractivity contribution in [1.82, 2.24) is 24.5 Å². The van der Waals surface area contributed by atoms with Gasteiger partial charge in [0.15, 0.2) is 5.82 Å². The van der Waals surface area contributed by atoms with Crippen LogP contribution < -0.4 is 5.73 Å². The maximum Gasteiger partial charge on any atom is 0.240 e. The molecule has 3 aromatic rings. The average Bonchev–Trinajstić information content (AvgIpc) is 3.02. The van der Waals surface area contributed by atoms with Gasteiger partial charge in [-0.2, -0.15) is 26.3 Å². The van der Waals surface area contributed by atoms with E-state index in [4.69, 9.17) is 5.73 Å².